The van der Waals surface area contributed by atoms with Gasteiger partial charge in [0, 0.05) is 26.1 Å². The molecule has 0 aliphatic carbocycles. The average Bonchev–Trinajstić information content (AvgIpc) is 2.88. The third-order valence-electron chi connectivity index (χ3n) is 2.26. The summed E-state index contributed by atoms with van der Waals surface area (Å²) in [5.74, 6) is -0.162. The molecule has 0 aromatic carbocycles. The van der Waals surface area contributed by atoms with Crippen LogP contribution in [0.15, 0.2) is 17.5 Å². The summed E-state index contributed by atoms with van der Waals surface area (Å²) in [4.78, 5) is 23.6. The molecule has 0 saturated carbocycles. The van der Waals surface area contributed by atoms with E-state index in [1.807, 2.05) is 18.4 Å². The highest BCUT2D eigenvalue weighted by Crippen LogP contribution is 2.07. The summed E-state index contributed by atoms with van der Waals surface area (Å²) < 4.78 is 0. The predicted octanol–water partition coefficient (Wildman–Crippen LogP) is 1.02. The standard InChI is InChI=1S/C12H19N3O2S.ClH/c1-2-13-7-8-14-11(16)5-6-15-12(17)10-4-3-9-18-10;/h3-4,9,13H,2,5-8H2,1H3,(H,14,16)(H,15,17);1H. The zero-order chi connectivity index (χ0) is 13.2. The van der Waals surface area contributed by atoms with Crippen molar-refractivity contribution in [3.63, 3.8) is 0 Å². The molecule has 0 fully saturated rings. The van der Waals surface area contributed by atoms with Gasteiger partial charge in [-0.05, 0) is 18.0 Å². The molecule has 0 spiro atoms. The van der Waals surface area contributed by atoms with E-state index in [4.69, 9.17) is 0 Å². The molecule has 1 aromatic heterocycles. The van der Waals surface area contributed by atoms with Crippen LogP contribution in [-0.4, -0.2) is 38.0 Å². The lowest BCUT2D eigenvalue weighted by Gasteiger charge is -2.06. The van der Waals surface area contributed by atoms with E-state index in [9.17, 15) is 9.59 Å². The highest BCUT2D eigenvalue weighted by atomic mass is 35.5. The number of hydrogen-bond acceptors (Lipinski definition) is 4. The van der Waals surface area contributed by atoms with E-state index in [0.717, 1.165) is 13.1 Å². The zero-order valence-electron chi connectivity index (χ0n) is 10.9. The Morgan fingerprint density at radius 2 is 2.00 bits per heavy atom. The molecule has 3 N–H and O–H groups in total. The first-order chi connectivity index (χ1) is 8.74. The van der Waals surface area contributed by atoms with Gasteiger partial charge in [0.2, 0.25) is 5.91 Å². The minimum atomic E-state index is -0.120. The topological polar surface area (TPSA) is 70.2 Å². The van der Waals surface area contributed by atoms with Gasteiger partial charge < -0.3 is 16.0 Å². The van der Waals surface area contributed by atoms with Gasteiger partial charge in [0.1, 0.15) is 0 Å². The molecule has 5 nitrogen and oxygen atoms in total. The van der Waals surface area contributed by atoms with E-state index in [2.05, 4.69) is 16.0 Å². The fourth-order valence-electron chi connectivity index (χ4n) is 1.34. The highest BCUT2D eigenvalue weighted by molar-refractivity contribution is 7.12. The molecular weight excluding hydrogens is 286 g/mol. The first kappa shape index (κ1) is 17.9. The van der Waals surface area contributed by atoms with Crippen molar-refractivity contribution in [2.75, 3.05) is 26.2 Å². The summed E-state index contributed by atoms with van der Waals surface area (Å²) in [6, 6.07) is 3.59. The summed E-state index contributed by atoms with van der Waals surface area (Å²) in [5.41, 5.74) is 0. The lowest BCUT2D eigenvalue weighted by Crippen LogP contribution is -2.34. The Morgan fingerprint density at radius 3 is 2.63 bits per heavy atom. The lowest BCUT2D eigenvalue weighted by atomic mass is 10.3. The molecular formula is C12H20ClN3O2S. The fourth-order valence-corrected chi connectivity index (χ4v) is 1.98. The second-order valence-electron chi connectivity index (χ2n) is 3.69. The number of halogens is 1. The van der Waals surface area contributed by atoms with E-state index in [1.54, 1.807) is 6.07 Å². The molecule has 1 rings (SSSR count). The summed E-state index contributed by atoms with van der Waals surface area (Å²) >= 11 is 1.39. The van der Waals surface area contributed by atoms with Crippen LogP contribution in [0.4, 0.5) is 0 Å². The Bertz CT molecular complexity index is 371. The SMILES string of the molecule is CCNCCNC(=O)CCNC(=O)c1cccs1.Cl. The van der Waals surface area contributed by atoms with Crippen LogP contribution in [0, 0.1) is 0 Å². The minimum Gasteiger partial charge on any atom is -0.355 e. The monoisotopic (exact) mass is 305 g/mol. The number of likely N-dealkylation sites (N-methyl/N-ethyl adjacent to an activating group) is 1. The Hall–Kier alpha value is -1.11. The third kappa shape index (κ3) is 7.81. The molecule has 0 bridgehead atoms. The highest BCUT2D eigenvalue weighted by Gasteiger charge is 2.06. The first-order valence-electron chi connectivity index (χ1n) is 6.03. The Kier molecular flexibility index (Phi) is 10.1. The zero-order valence-corrected chi connectivity index (χ0v) is 12.5. The molecule has 0 radical (unpaired) electrons. The summed E-state index contributed by atoms with van der Waals surface area (Å²) in [6.07, 6.45) is 0.309. The van der Waals surface area contributed by atoms with Crippen LogP contribution in [0.1, 0.15) is 23.0 Å². The second-order valence-corrected chi connectivity index (χ2v) is 4.63. The lowest BCUT2D eigenvalue weighted by molar-refractivity contribution is -0.120. The van der Waals surface area contributed by atoms with Crippen molar-refractivity contribution < 1.29 is 9.59 Å². The molecule has 19 heavy (non-hydrogen) atoms. The number of rotatable bonds is 8. The molecule has 0 atom stereocenters. The van der Waals surface area contributed by atoms with Gasteiger partial charge >= 0.3 is 0 Å². The molecule has 1 heterocycles. The van der Waals surface area contributed by atoms with Gasteiger partial charge in [-0.15, -0.1) is 23.7 Å². The van der Waals surface area contributed by atoms with E-state index in [-0.39, 0.29) is 24.2 Å². The largest absolute Gasteiger partial charge is 0.355 e. The van der Waals surface area contributed by atoms with Crippen molar-refractivity contribution in [3.8, 4) is 0 Å². The van der Waals surface area contributed by atoms with Crippen molar-refractivity contribution in [1.82, 2.24) is 16.0 Å². The maximum Gasteiger partial charge on any atom is 0.261 e. The molecule has 0 saturated heterocycles. The number of carbonyl (C=O) groups is 2. The van der Waals surface area contributed by atoms with Crippen LogP contribution in [0.3, 0.4) is 0 Å². The van der Waals surface area contributed by atoms with Crippen LogP contribution in [0.25, 0.3) is 0 Å². The number of carbonyl (C=O) groups excluding carboxylic acids is 2. The van der Waals surface area contributed by atoms with Gasteiger partial charge in [-0.3, -0.25) is 9.59 Å². The van der Waals surface area contributed by atoms with Crippen LogP contribution >= 0.6 is 23.7 Å². The predicted molar refractivity (Wildman–Crippen MR) is 80.1 cm³/mol. The van der Waals surface area contributed by atoms with Crippen molar-refractivity contribution >= 4 is 35.6 Å². The quantitative estimate of drug-likeness (QED) is 0.628. The molecule has 108 valence electrons. The molecule has 0 aliphatic heterocycles. The summed E-state index contributed by atoms with van der Waals surface area (Å²) in [7, 11) is 0. The maximum absolute atomic E-state index is 11.5. The van der Waals surface area contributed by atoms with Crippen LogP contribution < -0.4 is 16.0 Å². The number of thiophene rings is 1. The van der Waals surface area contributed by atoms with Crippen LogP contribution in [0.5, 0.6) is 0 Å². The normalized spacial score (nSPS) is 9.53. The molecule has 0 unspecified atom stereocenters. The van der Waals surface area contributed by atoms with Crippen molar-refractivity contribution in [2.45, 2.75) is 13.3 Å². The first-order valence-corrected chi connectivity index (χ1v) is 6.91. The van der Waals surface area contributed by atoms with E-state index in [0.29, 0.717) is 24.4 Å². The van der Waals surface area contributed by atoms with Crippen molar-refractivity contribution in [3.05, 3.63) is 22.4 Å². The van der Waals surface area contributed by atoms with E-state index >= 15 is 0 Å². The summed E-state index contributed by atoms with van der Waals surface area (Å²) in [6.45, 7) is 4.66. The molecule has 7 heteroatoms. The molecule has 1 aromatic rings. The van der Waals surface area contributed by atoms with Crippen LogP contribution in [0.2, 0.25) is 0 Å². The second kappa shape index (κ2) is 10.8. The Morgan fingerprint density at radius 1 is 1.21 bits per heavy atom. The van der Waals surface area contributed by atoms with E-state index in [1.165, 1.54) is 11.3 Å². The maximum atomic E-state index is 11.5. The minimum absolute atomic E-state index is 0. The smallest absolute Gasteiger partial charge is 0.261 e. The van der Waals surface area contributed by atoms with Crippen LogP contribution in [-0.2, 0) is 4.79 Å². The fraction of sp³-hybridized carbons (Fsp3) is 0.500. The van der Waals surface area contributed by atoms with Crippen molar-refractivity contribution in [2.24, 2.45) is 0 Å². The number of amides is 2. The number of hydrogen-bond donors (Lipinski definition) is 3. The number of nitrogens with one attached hydrogen (secondary N) is 3. The third-order valence-corrected chi connectivity index (χ3v) is 3.13. The summed E-state index contributed by atoms with van der Waals surface area (Å²) in [5, 5.41) is 10.5. The van der Waals surface area contributed by atoms with E-state index < -0.39 is 0 Å². The molecule has 2 amide bonds. The molecule has 0 aliphatic rings. The van der Waals surface area contributed by atoms with Gasteiger partial charge in [-0.2, -0.15) is 0 Å². The van der Waals surface area contributed by atoms with Gasteiger partial charge in [0.25, 0.3) is 5.91 Å². The van der Waals surface area contributed by atoms with Gasteiger partial charge in [0.15, 0.2) is 0 Å². The van der Waals surface area contributed by atoms with Gasteiger partial charge in [0.05, 0.1) is 4.88 Å². The van der Waals surface area contributed by atoms with Gasteiger partial charge in [-0.1, -0.05) is 13.0 Å². The average molecular weight is 306 g/mol. The van der Waals surface area contributed by atoms with Gasteiger partial charge in [-0.25, -0.2) is 0 Å². The Labute approximate surface area is 123 Å². The van der Waals surface area contributed by atoms with Crippen molar-refractivity contribution in [1.29, 1.82) is 0 Å². The Balaban J connectivity index is 0.00000324.